The molecule has 1 aromatic rings. The minimum atomic E-state index is -1.32. The first-order valence-corrected chi connectivity index (χ1v) is 6.26. The van der Waals surface area contributed by atoms with Crippen LogP contribution < -0.4 is 10.6 Å². The van der Waals surface area contributed by atoms with Gasteiger partial charge in [-0.25, -0.2) is 9.59 Å². The highest BCUT2D eigenvalue weighted by atomic mass is 16.4. The number of amides is 2. The number of rotatable bonds is 4. The van der Waals surface area contributed by atoms with E-state index in [9.17, 15) is 9.59 Å². The molecule has 110 valence electrons. The molecule has 0 heterocycles. The zero-order valence-electron chi connectivity index (χ0n) is 11.8. The van der Waals surface area contributed by atoms with E-state index in [-0.39, 0.29) is 5.41 Å². The topological polar surface area (TPSA) is 98.7 Å². The number of urea groups is 1. The van der Waals surface area contributed by atoms with Gasteiger partial charge in [0.1, 0.15) is 0 Å². The van der Waals surface area contributed by atoms with E-state index in [0.29, 0.717) is 5.69 Å². The van der Waals surface area contributed by atoms with Crippen LogP contribution in [0.4, 0.5) is 10.5 Å². The molecule has 0 fully saturated rings. The first kappa shape index (κ1) is 16.0. The molecule has 0 aliphatic rings. The Kier molecular flexibility index (Phi) is 5.10. The lowest BCUT2D eigenvalue weighted by molar-refractivity contribution is -0.140. The third-order valence-corrected chi connectivity index (χ3v) is 2.77. The Morgan fingerprint density at radius 3 is 2.35 bits per heavy atom. The van der Waals surface area contributed by atoms with Crippen LogP contribution in [0, 0.1) is 0 Å². The highest BCUT2D eigenvalue weighted by Gasteiger charge is 2.21. The summed E-state index contributed by atoms with van der Waals surface area (Å²) >= 11 is 0. The predicted octanol–water partition coefficient (Wildman–Crippen LogP) is 1.55. The normalized spacial score (nSPS) is 12.6. The number of carboxylic acids is 1. The third-order valence-electron chi connectivity index (χ3n) is 2.77. The molecule has 0 spiro atoms. The molecule has 0 unspecified atom stereocenters. The summed E-state index contributed by atoms with van der Waals surface area (Å²) in [5.41, 5.74) is 1.39. The van der Waals surface area contributed by atoms with E-state index in [2.05, 4.69) is 10.6 Å². The molecule has 0 aromatic heterocycles. The number of aliphatic carboxylic acids is 1. The van der Waals surface area contributed by atoms with Gasteiger partial charge in [-0.05, 0) is 17.0 Å². The Balaban J connectivity index is 2.84. The fraction of sp³-hybridized carbons (Fsp3) is 0.429. The molecular formula is C14H20N2O4. The van der Waals surface area contributed by atoms with E-state index in [0.717, 1.165) is 5.56 Å². The van der Waals surface area contributed by atoms with E-state index in [1.807, 2.05) is 32.9 Å². The van der Waals surface area contributed by atoms with Gasteiger partial charge in [0.15, 0.2) is 6.04 Å². The number of anilines is 1. The number of carbonyl (C=O) groups is 2. The van der Waals surface area contributed by atoms with Crippen LogP contribution in [-0.2, 0) is 10.2 Å². The second kappa shape index (κ2) is 6.38. The van der Waals surface area contributed by atoms with E-state index in [1.165, 1.54) is 0 Å². The molecule has 2 amide bonds. The largest absolute Gasteiger partial charge is 0.480 e. The summed E-state index contributed by atoms with van der Waals surface area (Å²) in [5.74, 6) is -1.29. The Morgan fingerprint density at radius 2 is 1.85 bits per heavy atom. The van der Waals surface area contributed by atoms with Crippen molar-refractivity contribution in [3.8, 4) is 0 Å². The molecule has 0 aliphatic heterocycles. The van der Waals surface area contributed by atoms with Gasteiger partial charge in [-0.2, -0.15) is 0 Å². The van der Waals surface area contributed by atoms with E-state index >= 15 is 0 Å². The standard InChI is InChI=1S/C14H20N2O4/c1-14(2,3)9-6-4-5-7-10(9)15-13(20)16-11(8-17)12(18)19/h4-7,11,17H,8H2,1-3H3,(H,18,19)(H2,15,16,20)/t11-/m0/s1. The van der Waals surface area contributed by atoms with Crippen LogP contribution in [0.1, 0.15) is 26.3 Å². The molecular weight excluding hydrogens is 260 g/mol. The van der Waals surface area contributed by atoms with Crippen LogP contribution in [0.2, 0.25) is 0 Å². The summed E-state index contributed by atoms with van der Waals surface area (Å²) in [6, 6.07) is 5.31. The molecule has 6 nitrogen and oxygen atoms in total. The second-order valence-electron chi connectivity index (χ2n) is 5.47. The van der Waals surface area contributed by atoms with Gasteiger partial charge in [-0.3, -0.25) is 0 Å². The zero-order valence-corrected chi connectivity index (χ0v) is 11.8. The van der Waals surface area contributed by atoms with E-state index in [1.54, 1.807) is 12.1 Å². The minimum absolute atomic E-state index is 0.160. The van der Waals surface area contributed by atoms with Gasteiger partial charge in [0.2, 0.25) is 0 Å². The summed E-state index contributed by atoms with van der Waals surface area (Å²) in [7, 11) is 0. The summed E-state index contributed by atoms with van der Waals surface area (Å²) in [6.07, 6.45) is 0. The predicted molar refractivity (Wildman–Crippen MR) is 75.8 cm³/mol. The van der Waals surface area contributed by atoms with Gasteiger partial charge < -0.3 is 20.8 Å². The molecule has 0 bridgehead atoms. The number of carbonyl (C=O) groups excluding carboxylic acids is 1. The number of aliphatic hydroxyl groups excluding tert-OH is 1. The van der Waals surface area contributed by atoms with Crippen molar-refractivity contribution in [3.05, 3.63) is 29.8 Å². The smallest absolute Gasteiger partial charge is 0.328 e. The van der Waals surface area contributed by atoms with Crippen LogP contribution in [0.15, 0.2) is 24.3 Å². The van der Waals surface area contributed by atoms with Crippen molar-refractivity contribution in [2.24, 2.45) is 0 Å². The molecule has 0 radical (unpaired) electrons. The number of benzene rings is 1. The van der Waals surface area contributed by atoms with Crippen molar-refractivity contribution < 1.29 is 19.8 Å². The SMILES string of the molecule is CC(C)(C)c1ccccc1NC(=O)N[C@@H](CO)C(=O)O. The van der Waals surface area contributed by atoms with Crippen LogP contribution in [0.3, 0.4) is 0 Å². The monoisotopic (exact) mass is 280 g/mol. The van der Waals surface area contributed by atoms with Gasteiger partial charge in [0, 0.05) is 5.69 Å². The van der Waals surface area contributed by atoms with E-state index < -0.39 is 24.6 Å². The molecule has 1 aromatic carbocycles. The van der Waals surface area contributed by atoms with Gasteiger partial charge in [-0.15, -0.1) is 0 Å². The van der Waals surface area contributed by atoms with Crippen LogP contribution in [-0.4, -0.2) is 34.9 Å². The van der Waals surface area contributed by atoms with Crippen molar-refractivity contribution in [3.63, 3.8) is 0 Å². The van der Waals surface area contributed by atoms with Gasteiger partial charge in [-0.1, -0.05) is 39.0 Å². The number of carboxylic acid groups (broad SMARTS) is 1. The lowest BCUT2D eigenvalue weighted by Gasteiger charge is -2.23. The Morgan fingerprint density at radius 1 is 1.25 bits per heavy atom. The van der Waals surface area contributed by atoms with E-state index in [4.69, 9.17) is 10.2 Å². The van der Waals surface area contributed by atoms with Crippen molar-refractivity contribution in [1.82, 2.24) is 5.32 Å². The van der Waals surface area contributed by atoms with Gasteiger partial charge in [0.25, 0.3) is 0 Å². The first-order chi connectivity index (χ1) is 9.25. The number of nitrogens with one attached hydrogen (secondary N) is 2. The van der Waals surface area contributed by atoms with Crippen molar-refractivity contribution in [1.29, 1.82) is 0 Å². The number of hydrogen-bond donors (Lipinski definition) is 4. The maximum atomic E-state index is 11.8. The van der Waals surface area contributed by atoms with Crippen LogP contribution in [0.25, 0.3) is 0 Å². The van der Waals surface area contributed by atoms with Crippen LogP contribution >= 0.6 is 0 Å². The maximum Gasteiger partial charge on any atom is 0.328 e. The fourth-order valence-corrected chi connectivity index (χ4v) is 1.75. The van der Waals surface area contributed by atoms with Crippen molar-refractivity contribution in [2.75, 3.05) is 11.9 Å². The highest BCUT2D eigenvalue weighted by molar-refractivity contribution is 5.93. The van der Waals surface area contributed by atoms with Gasteiger partial charge in [0.05, 0.1) is 6.61 Å². The summed E-state index contributed by atoms with van der Waals surface area (Å²) in [4.78, 5) is 22.5. The molecule has 20 heavy (non-hydrogen) atoms. The third kappa shape index (κ3) is 4.24. The lowest BCUT2D eigenvalue weighted by atomic mass is 9.86. The molecule has 1 rings (SSSR count). The maximum absolute atomic E-state index is 11.8. The number of hydrogen-bond acceptors (Lipinski definition) is 3. The second-order valence-corrected chi connectivity index (χ2v) is 5.47. The molecule has 0 aliphatic carbocycles. The Labute approximate surface area is 117 Å². The average molecular weight is 280 g/mol. The first-order valence-electron chi connectivity index (χ1n) is 6.26. The minimum Gasteiger partial charge on any atom is -0.480 e. The summed E-state index contributed by atoms with van der Waals surface area (Å²) in [5, 5.41) is 22.4. The summed E-state index contributed by atoms with van der Waals surface area (Å²) in [6.45, 7) is 5.38. The quantitative estimate of drug-likeness (QED) is 0.672. The van der Waals surface area contributed by atoms with Crippen molar-refractivity contribution >= 4 is 17.7 Å². The summed E-state index contributed by atoms with van der Waals surface area (Å²) < 4.78 is 0. The zero-order chi connectivity index (χ0) is 15.3. The highest BCUT2D eigenvalue weighted by Crippen LogP contribution is 2.29. The lowest BCUT2D eigenvalue weighted by Crippen LogP contribution is -2.45. The fourth-order valence-electron chi connectivity index (χ4n) is 1.75. The van der Waals surface area contributed by atoms with Gasteiger partial charge >= 0.3 is 12.0 Å². The number of para-hydroxylation sites is 1. The Bertz CT molecular complexity index is 494. The molecule has 6 heteroatoms. The molecule has 0 saturated heterocycles. The molecule has 0 saturated carbocycles. The Hall–Kier alpha value is -2.08. The molecule has 1 atom stereocenters. The average Bonchev–Trinajstić information content (AvgIpc) is 2.35. The molecule has 4 N–H and O–H groups in total. The van der Waals surface area contributed by atoms with Crippen molar-refractivity contribution in [2.45, 2.75) is 32.2 Å². The number of aliphatic hydroxyl groups is 1. The van der Waals surface area contributed by atoms with Crippen LogP contribution in [0.5, 0.6) is 0 Å².